The van der Waals surface area contributed by atoms with Crippen LogP contribution in [0.15, 0.2) is 33.8 Å². The molecule has 5 heteroatoms. The molecular weight excluding hydrogens is 298 g/mol. The standard InChI is InChI=1S/C12H16BrN3S/c1-3-10(4-2)15-16-12(17)14-11-7-5-6-9(13)8-11/h5-8H,3-4H2,1-2H3,(H2,14,16,17). The van der Waals surface area contributed by atoms with Crippen molar-refractivity contribution >= 4 is 44.7 Å². The van der Waals surface area contributed by atoms with E-state index in [1.54, 1.807) is 0 Å². The predicted octanol–water partition coefficient (Wildman–Crippen LogP) is 3.91. The Bertz CT molecular complexity index is 412. The Balaban J connectivity index is 2.53. The van der Waals surface area contributed by atoms with E-state index in [0.717, 1.165) is 28.7 Å². The first kappa shape index (κ1) is 14.1. The Morgan fingerprint density at radius 3 is 2.65 bits per heavy atom. The molecular formula is C12H16BrN3S. The third-order valence-electron chi connectivity index (χ3n) is 2.21. The van der Waals surface area contributed by atoms with Gasteiger partial charge < -0.3 is 5.32 Å². The Labute approximate surface area is 116 Å². The minimum Gasteiger partial charge on any atom is -0.331 e. The topological polar surface area (TPSA) is 36.4 Å². The summed E-state index contributed by atoms with van der Waals surface area (Å²) in [5.74, 6) is 0. The molecule has 1 aromatic rings. The Kier molecular flexibility index (Phi) is 6.15. The van der Waals surface area contributed by atoms with E-state index in [2.05, 4.69) is 45.6 Å². The van der Waals surface area contributed by atoms with Gasteiger partial charge in [0, 0.05) is 15.9 Å². The van der Waals surface area contributed by atoms with E-state index >= 15 is 0 Å². The number of benzene rings is 1. The first-order valence-electron chi connectivity index (χ1n) is 5.53. The minimum atomic E-state index is 0.502. The highest BCUT2D eigenvalue weighted by Crippen LogP contribution is 2.15. The summed E-state index contributed by atoms with van der Waals surface area (Å²) in [6.45, 7) is 4.16. The Morgan fingerprint density at radius 1 is 1.35 bits per heavy atom. The average molecular weight is 314 g/mol. The lowest BCUT2D eigenvalue weighted by molar-refractivity contribution is 0.992. The van der Waals surface area contributed by atoms with Crippen LogP contribution < -0.4 is 10.7 Å². The molecule has 0 saturated heterocycles. The number of anilines is 1. The number of halogens is 1. The first-order chi connectivity index (χ1) is 8.15. The zero-order chi connectivity index (χ0) is 12.7. The molecule has 3 nitrogen and oxygen atoms in total. The maximum absolute atomic E-state index is 5.15. The Hall–Kier alpha value is -0.940. The molecule has 0 saturated carbocycles. The van der Waals surface area contributed by atoms with Gasteiger partial charge in [-0.1, -0.05) is 35.8 Å². The maximum Gasteiger partial charge on any atom is 0.191 e. The third-order valence-corrected chi connectivity index (χ3v) is 2.90. The molecule has 0 bridgehead atoms. The largest absolute Gasteiger partial charge is 0.331 e. The van der Waals surface area contributed by atoms with E-state index < -0.39 is 0 Å². The lowest BCUT2D eigenvalue weighted by Crippen LogP contribution is -2.25. The van der Waals surface area contributed by atoms with Gasteiger partial charge in [-0.25, -0.2) is 0 Å². The highest BCUT2D eigenvalue weighted by Gasteiger charge is 1.97. The highest BCUT2D eigenvalue weighted by atomic mass is 79.9. The molecule has 0 amide bonds. The number of rotatable bonds is 4. The molecule has 0 unspecified atom stereocenters. The first-order valence-corrected chi connectivity index (χ1v) is 6.73. The van der Waals surface area contributed by atoms with Crippen LogP contribution in [0.2, 0.25) is 0 Å². The fraction of sp³-hybridized carbons (Fsp3) is 0.333. The van der Waals surface area contributed by atoms with Crippen LogP contribution in [0.3, 0.4) is 0 Å². The van der Waals surface area contributed by atoms with Gasteiger partial charge in [0.15, 0.2) is 5.11 Å². The van der Waals surface area contributed by atoms with Crippen LogP contribution in [0.4, 0.5) is 5.69 Å². The van der Waals surface area contributed by atoms with Crippen LogP contribution >= 0.6 is 28.1 Å². The van der Waals surface area contributed by atoms with Crippen LogP contribution in [0.1, 0.15) is 26.7 Å². The number of thiocarbonyl (C=S) groups is 1. The molecule has 0 aliphatic rings. The zero-order valence-electron chi connectivity index (χ0n) is 9.96. The van der Waals surface area contributed by atoms with Crippen LogP contribution in [-0.4, -0.2) is 10.8 Å². The van der Waals surface area contributed by atoms with Crippen molar-refractivity contribution in [2.75, 3.05) is 5.32 Å². The fourth-order valence-corrected chi connectivity index (χ4v) is 1.83. The monoisotopic (exact) mass is 313 g/mol. The van der Waals surface area contributed by atoms with Crippen LogP contribution in [0, 0.1) is 0 Å². The van der Waals surface area contributed by atoms with Crippen molar-refractivity contribution in [3.8, 4) is 0 Å². The molecule has 0 fully saturated rings. The second-order valence-corrected chi connectivity index (χ2v) is 4.79. The van der Waals surface area contributed by atoms with Crippen molar-refractivity contribution in [2.45, 2.75) is 26.7 Å². The highest BCUT2D eigenvalue weighted by molar-refractivity contribution is 9.10. The van der Waals surface area contributed by atoms with Crippen molar-refractivity contribution in [3.05, 3.63) is 28.7 Å². The lowest BCUT2D eigenvalue weighted by atomic mass is 10.2. The van der Waals surface area contributed by atoms with Gasteiger partial charge in [0.2, 0.25) is 0 Å². The van der Waals surface area contributed by atoms with Crippen molar-refractivity contribution < 1.29 is 0 Å². The number of hydrogen-bond donors (Lipinski definition) is 2. The molecule has 92 valence electrons. The van der Waals surface area contributed by atoms with E-state index in [-0.39, 0.29) is 0 Å². The van der Waals surface area contributed by atoms with Crippen molar-refractivity contribution in [1.82, 2.24) is 5.43 Å². The molecule has 17 heavy (non-hydrogen) atoms. The van der Waals surface area contributed by atoms with Crippen LogP contribution in [0.5, 0.6) is 0 Å². The number of hydrogen-bond acceptors (Lipinski definition) is 2. The lowest BCUT2D eigenvalue weighted by Gasteiger charge is -2.08. The third kappa shape index (κ3) is 5.28. The van der Waals surface area contributed by atoms with Gasteiger partial charge in [-0.15, -0.1) is 0 Å². The van der Waals surface area contributed by atoms with Gasteiger partial charge in [0.25, 0.3) is 0 Å². The fourth-order valence-electron chi connectivity index (χ4n) is 1.26. The SMILES string of the molecule is CCC(CC)=NNC(=S)Nc1cccc(Br)c1. The summed E-state index contributed by atoms with van der Waals surface area (Å²) in [6.07, 6.45) is 1.87. The van der Waals surface area contributed by atoms with Gasteiger partial charge in [-0.05, 0) is 43.3 Å². The quantitative estimate of drug-likeness (QED) is 0.502. The molecule has 0 heterocycles. The number of hydrazone groups is 1. The molecule has 0 spiro atoms. The van der Waals surface area contributed by atoms with Crippen LogP contribution in [-0.2, 0) is 0 Å². The van der Waals surface area contributed by atoms with E-state index in [0.29, 0.717) is 5.11 Å². The zero-order valence-corrected chi connectivity index (χ0v) is 12.4. The summed E-state index contributed by atoms with van der Waals surface area (Å²) in [6, 6.07) is 7.81. The normalized spacial score (nSPS) is 9.59. The van der Waals surface area contributed by atoms with Gasteiger partial charge in [-0.2, -0.15) is 5.10 Å². The Morgan fingerprint density at radius 2 is 2.06 bits per heavy atom. The summed E-state index contributed by atoms with van der Waals surface area (Å²) in [5.41, 5.74) is 4.88. The average Bonchev–Trinajstić information content (AvgIpc) is 2.30. The van der Waals surface area contributed by atoms with E-state index in [1.165, 1.54) is 0 Å². The predicted molar refractivity (Wildman–Crippen MR) is 81.5 cm³/mol. The van der Waals surface area contributed by atoms with Crippen molar-refractivity contribution in [2.24, 2.45) is 5.10 Å². The molecule has 0 aliphatic carbocycles. The second-order valence-electron chi connectivity index (χ2n) is 3.46. The second kappa shape index (κ2) is 7.40. The minimum absolute atomic E-state index is 0.502. The van der Waals surface area contributed by atoms with E-state index in [1.807, 2.05) is 24.3 Å². The molecule has 0 aromatic heterocycles. The van der Waals surface area contributed by atoms with E-state index in [9.17, 15) is 0 Å². The van der Waals surface area contributed by atoms with Gasteiger partial charge in [0.05, 0.1) is 0 Å². The molecule has 0 aliphatic heterocycles. The van der Waals surface area contributed by atoms with Gasteiger partial charge in [0.1, 0.15) is 0 Å². The van der Waals surface area contributed by atoms with Gasteiger partial charge in [-0.3, -0.25) is 5.43 Å². The molecule has 1 rings (SSSR count). The summed E-state index contributed by atoms with van der Waals surface area (Å²) in [5, 5.41) is 7.80. The summed E-state index contributed by atoms with van der Waals surface area (Å²) < 4.78 is 1.01. The molecule has 2 N–H and O–H groups in total. The maximum atomic E-state index is 5.15. The van der Waals surface area contributed by atoms with Crippen LogP contribution in [0.25, 0.3) is 0 Å². The number of nitrogens with zero attached hydrogens (tertiary/aromatic N) is 1. The molecule has 0 radical (unpaired) electrons. The summed E-state index contributed by atoms with van der Waals surface area (Å²) in [7, 11) is 0. The smallest absolute Gasteiger partial charge is 0.191 e. The van der Waals surface area contributed by atoms with Crippen molar-refractivity contribution in [1.29, 1.82) is 0 Å². The summed E-state index contributed by atoms with van der Waals surface area (Å²) in [4.78, 5) is 0. The number of nitrogens with one attached hydrogen (secondary N) is 2. The van der Waals surface area contributed by atoms with Crippen molar-refractivity contribution in [3.63, 3.8) is 0 Å². The summed E-state index contributed by atoms with van der Waals surface area (Å²) >= 11 is 8.55. The molecule has 0 atom stereocenters. The van der Waals surface area contributed by atoms with Gasteiger partial charge >= 0.3 is 0 Å². The molecule has 1 aromatic carbocycles. The van der Waals surface area contributed by atoms with E-state index in [4.69, 9.17) is 12.2 Å².